The van der Waals surface area contributed by atoms with Gasteiger partial charge in [0.05, 0.1) is 0 Å². The molecule has 0 heterocycles. The number of hydrogen-bond donors (Lipinski definition) is 0. The lowest BCUT2D eigenvalue weighted by molar-refractivity contribution is -0.133. The zero-order valence-electron chi connectivity index (χ0n) is 18.4. The topological polar surface area (TPSA) is 51.2 Å². The van der Waals surface area contributed by atoms with Crippen LogP contribution in [0, 0.1) is 11.8 Å². The van der Waals surface area contributed by atoms with Crippen molar-refractivity contribution >= 4 is 22.9 Å². The van der Waals surface area contributed by atoms with Gasteiger partial charge in [0.2, 0.25) is 11.6 Å². The summed E-state index contributed by atoms with van der Waals surface area (Å²) in [6.07, 6.45) is 6.61. The van der Waals surface area contributed by atoms with Crippen molar-refractivity contribution in [2.45, 2.75) is 58.3 Å². The normalized spacial score (nSPS) is 21.2. The van der Waals surface area contributed by atoms with Gasteiger partial charge in [-0.15, -0.1) is 0 Å². The van der Waals surface area contributed by atoms with Crippen LogP contribution in [0.15, 0.2) is 54.6 Å². The number of rotatable bonds is 7. The molecule has 0 bridgehead atoms. The van der Waals surface area contributed by atoms with Crippen molar-refractivity contribution in [1.29, 1.82) is 0 Å². The van der Waals surface area contributed by atoms with E-state index in [0.29, 0.717) is 29.4 Å². The van der Waals surface area contributed by atoms with E-state index in [2.05, 4.69) is 37.3 Å². The molecule has 4 rings (SSSR count). The molecule has 0 aliphatic heterocycles. The molecule has 2 aromatic rings. The first-order valence-corrected chi connectivity index (χ1v) is 11.5. The minimum Gasteiger partial charge on any atom is -0.294 e. The highest BCUT2D eigenvalue weighted by Gasteiger charge is 2.31. The number of fused-ring (bicyclic) bond motifs is 1. The van der Waals surface area contributed by atoms with Crippen LogP contribution in [0.2, 0.25) is 0 Å². The zero-order valence-corrected chi connectivity index (χ0v) is 18.4. The highest BCUT2D eigenvalue weighted by molar-refractivity contribution is 6.54. The van der Waals surface area contributed by atoms with Crippen LogP contribution in [0.4, 0.5) is 0 Å². The fraction of sp³-hybridized carbons (Fsp3) is 0.393. The molecule has 2 aliphatic carbocycles. The minimum atomic E-state index is -0.429. The van der Waals surface area contributed by atoms with Crippen molar-refractivity contribution in [2.75, 3.05) is 0 Å². The van der Waals surface area contributed by atoms with Gasteiger partial charge in [0, 0.05) is 23.5 Å². The first kappa shape index (κ1) is 21.4. The molecule has 1 unspecified atom stereocenters. The highest BCUT2D eigenvalue weighted by Crippen LogP contribution is 2.39. The Balaban J connectivity index is 1.44. The van der Waals surface area contributed by atoms with E-state index in [9.17, 15) is 14.4 Å². The van der Waals surface area contributed by atoms with Crippen molar-refractivity contribution in [3.63, 3.8) is 0 Å². The maximum absolute atomic E-state index is 13.2. The SMILES string of the molecule is CCC(=O)C(=O)C1=CCc2ccc(C(=O)C3CCC(C(C)c4ccccc4)CC3)cc21. The quantitative estimate of drug-likeness (QED) is 0.414. The van der Waals surface area contributed by atoms with E-state index in [1.54, 1.807) is 6.92 Å². The Bertz CT molecular complexity index is 1020. The Morgan fingerprint density at radius 1 is 0.968 bits per heavy atom. The number of hydrogen-bond acceptors (Lipinski definition) is 3. The largest absolute Gasteiger partial charge is 0.294 e. The lowest BCUT2D eigenvalue weighted by Gasteiger charge is -2.32. The van der Waals surface area contributed by atoms with Gasteiger partial charge < -0.3 is 0 Å². The molecule has 1 atom stereocenters. The summed E-state index contributed by atoms with van der Waals surface area (Å²) in [7, 11) is 0. The number of carbonyl (C=O) groups is 3. The average molecular weight is 415 g/mol. The zero-order chi connectivity index (χ0) is 22.0. The summed E-state index contributed by atoms with van der Waals surface area (Å²) in [5.74, 6) is 0.530. The van der Waals surface area contributed by atoms with Gasteiger partial charge in [-0.05, 0) is 66.7 Å². The summed E-state index contributed by atoms with van der Waals surface area (Å²) in [6.45, 7) is 4.00. The molecule has 0 amide bonds. The Kier molecular flexibility index (Phi) is 6.31. The van der Waals surface area contributed by atoms with Crippen LogP contribution in [0.3, 0.4) is 0 Å². The van der Waals surface area contributed by atoms with Crippen LogP contribution >= 0.6 is 0 Å². The van der Waals surface area contributed by atoms with Gasteiger partial charge in [-0.25, -0.2) is 0 Å². The van der Waals surface area contributed by atoms with Gasteiger partial charge in [-0.2, -0.15) is 0 Å². The maximum atomic E-state index is 13.2. The third-order valence-electron chi connectivity index (χ3n) is 7.20. The van der Waals surface area contributed by atoms with E-state index in [-0.39, 0.29) is 23.9 Å². The van der Waals surface area contributed by atoms with E-state index < -0.39 is 5.78 Å². The molecule has 31 heavy (non-hydrogen) atoms. The van der Waals surface area contributed by atoms with Crippen LogP contribution < -0.4 is 0 Å². The van der Waals surface area contributed by atoms with Crippen molar-refractivity contribution < 1.29 is 14.4 Å². The first-order valence-electron chi connectivity index (χ1n) is 11.5. The van der Waals surface area contributed by atoms with Crippen molar-refractivity contribution in [1.82, 2.24) is 0 Å². The fourth-order valence-corrected chi connectivity index (χ4v) is 5.15. The van der Waals surface area contributed by atoms with E-state index in [0.717, 1.165) is 36.8 Å². The van der Waals surface area contributed by atoms with Crippen LogP contribution in [-0.2, 0) is 16.0 Å². The minimum absolute atomic E-state index is 0.0408. The van der Waals surface area contributed by atoms with E-state index >= 15 is 0 Å². The lowest BCUT2D eigenvalue weighted by atomic mass is 9.72. The summed E-state index contributed by atoms with van der Waals surface area (Å²) >= 11 is 0. The predicted molar refractivity (Wildman–Crippen MR) is 123 cm³/mol. The summed E-state index contributed by atoms with van der Waals surface area (Å²) in [5, 5.41) is 0. The molecule has 1 saturated carbocycles. The van der Waals surface area contributed by atoms with Gasteiger partial charge in [0.25, 0.3) is 0 Å². The fourth-order valence-electron chi connectivity index (χ4n) is 5.15. The molecule has 3 heteroatoms. The van der Waals surface area contributed by atoms with Crippen LogP contribution in [0.25, 0.3) is 5.57 Å². The summed E-state index contributed by atoms with van der Waals surface area (Å²) in [6, 6.07) is 16.3. The average Bonchev–Trinajstić information content (AvgIpc) is 3.26. The molecule has 0 saturated heterocycles. The Morgan fingerprint density at radius 3 is 2.35 bits per heavy atom. The predicted octanol–water partition coefficient (Wildman–Crippen LogP) is 5.97. The number of ketones is 3. The number of Topliss-reactive ketones (excluding diaryl/α,β-unsaturated/α-hetero) is 3. The molecule has 0 aromatic heterocycles. The second kappa shape index (κ2) is 9.13. The van der Waals surface area contributed by atoms with E-state index in [4.69, 9.17) is 0 Å². The van der Waals surface area contributed by atoms with Crippen LogP contribution in [-0.4, -0.2) is 17.3 Å². The number of benzene rings is 2. The molecule has 3 nitrogen and oxygen atoms in total. The Morgan fingerprint density at radius 2 is 1.68 bits per heavy atom. The molecular weight excluding hydrogens is 384 g/mol. The van der Waals surface area contributed by atoms with Gasteiger partial charge in [-0.3, -0.25) is 14.4 Å². The maximum Gasteiger partial charge on any atom is 0.228 e. The first-order chi connectivity index (χ1) is 15.0. The number of carbonyl (C=O) groups excluding carboxylic acids is 3. The van der Waals surface area contributed by atoms with Crippen LogP contribution in [0.5, 0.6) is 0 Å². The second-order valence-corrected chi connectivity index (χ2v) is 8.98. The standard InChI is InChI=1S/C28H30O3/c1-3-26(29)28(31)24-16-15-21-11-14-23(17-25(21)24)27(30)22-12-9-20(10-13-22)18(2)19-7-5-4-6-8-19/h4-8,11,14,16-18,20,22H,3,9-10,12-13,15H2,1-2H3. The Hall–Kier alpha value is -2.81. The third kappa shape index (κ3) is 4.32. The monoisotopic (exact) mass is 414 g/mol. The Labute approximate surface area is 184 Å². The molecule has 2 aromatic carbocycles. The van der Waals surface area contributed by atoms with Crippen LogP contribution in [0.1, 0.15) is 78.9 Å². The molecule has 2 aliphatic rings. The summed E-state index contributed by atoms with van der Waals surface area (Å²) < 4.78 is 0. The summed E-state index contributed by atoms with van der Waals surface area (Å²) in [5.41, 5.74) is 4.30. The number of allylic oxidation sites excluding steroid dienone is 2. The van der Waals surface area contributed by atoms with Gasteiger partial charge in [0.15, 0.2) is 5.78 Å². The smallest absolute Gasteiger partial charge is 0.228 e. The molecule has 0 N–H and O–H groups in total. The third-order valence-corrected chi connectivity index (χ3v) is 7.20. The molecule has 0 radical (unpaired) electrons. The molecule has 1 fully saturated rings. The van der Waals surface area contributed by atoms with Gasteiger partial charge in [-0.1, -0.05) is 62.4 Å². The van der Waals surface area contributed by atoms with E-state index in [1.807, 2.05) is 24.3 Å². The van der Waals surface area contributed by atoms with Gasteiger partial charge in [0.1, 0.15) is 0 Å². The van der Waals surface area contributed by atoms with E-state index in [1.165, 1.54) is 5.56 Å². The molecule has 160 valence electrons. The van der Waals surface area contributed by atoms with Crippen molar-refractivity contribution in [3.05, 3.63) is 76.9 Å². The second-order valence-electron chi connectivity index (χ2n) is 8.98. The van der Waals surface area contributed by atoms with Gasteiger partial charge >= 0.3 is 0 Å². The van der Waals surface area contributed by atoms with Crippen molar-refractivity contribution in [2.24, 2.45) is 11.8 Å². The highest BCUT2D eigenvalue weighted by atomic mass is 16.2. The lowest BCUT2D eigenvalue weighted by Crippen LogP contribution is -2.24. The molecule has 0 spiro atoms. The molecular formula is C28H30O3. The summed E-state index contributed by atoms with van der Waals surface area (Å²) in [4.78, 5) is 37.6. The van der Waals surface area contributed by atoms with Crippen molar-refractivity contribution in [3.8, 4) is 0 Å².